The Kier molecular flexibility index (Phi) is 8.62. The fourth-order valence-electron chi connectivity index (χ4n) is 0.127. The van der Waals surface area contributed by atoms with Crippen molar-refractivity contribution < 1.29 is 12.4 Å². The quantitative estimate of drug-likeness (QED) is 0.366. The van der Waals surface area contributed by atoms with Crippen molar-refractivity contribution in [3.8, 4) is 0 Å². The van der Waals surface area contributed by atoms with Gasteiger partial charge in [-0.2, -0.15) is 0 Å². The Bertz CT molecular complexity index is 70.1. The summed E-state index contributed by atoms with van der Waals surface area (Å²) < 4.78 is 0. The molecule has 7 heavy (non-hydrogen) atoms. The Balaban J connectivity index is 0. The Morgan fingerprint density at radius 2 is 2.29 bits per heavy atom. The first-order valence-electron chi connectivity index (χ1n) is 1.61. The van der Waals surface area contributed by atoms with Gasteiger partial charge in [0.15, 0.2) is 0 Å². The lowest BCUT2D eigenvalue weighted by Gasteiger charge is -1.77. The van der Waals surface area contributed by atoms with Crippen LogP contribution in [0.4, 0.5) is 0 Å². The molecule has 0 spiro atoms. The van der Waals surface area contributed by atoms with E-state index in [-0.39, 0.29) is 17.6 Å². The number of rotatable bonds is 2. The van der Waals surface area contributed by atoms with Gasteiger partial charge in [0.1, 0.15) is 5.17 Å². The highest BCUT2D eigenvalue weighted by atomic mass is 35.5. The molecule has 0 aliphatic carbocycles. The molecule has 42 valence electrons. The van der Waals surface area contributed by atoms with Crippen LogP contribution in [0.1, 0.15) is 6.42 Å². The van der Waals surface area contributed by atoms with Crippen molar-refractivity contribution >= 4 is 16.8 Å². The van der Waals surface area contributed by atoms with E-state index in [0.29, 0.717) is 6.42 Å². The SMILES string of the molecule is C=CCC(=N)Cl.[Cl-]. The maximum absolute atomic E-state index is 6.59. The lowest BCUT2D eigenvalue weighted by atomic mass is 10.5. The van der Waals surface area contributed by atoms with Gasteiger partial charge in [-0.05, 0) is 0 Å². The third kappa shape index (κ3) is 10.7. The van der Waals surface area contributed by atoms with Gasteiger partial charge in [0, 0.05) is 6.42 Å². The minimum absolute atomic E-state index is 0. The van der Waals surface area contributed by atoms with Crippen LogP contribution in [0, 0.1) is 5.41 Å². The van der Waals surface area contributed by atoms with E-state index >= 15 is 0 Å². The topological polar surface area (TPSA) is 23.9 Å². The summed E-state index contributed by atoms with van der Waals surface area (Å²) in [5.41, 5.74) is 0. The van der Waals surface area contributed by atoms with E-state index in [2.05, 4.69) is 6.58 Å². The molecule has 0 amide bonds. The minimum atomic E-state index is 0. The average Bonchev–Trinajstić information content (AvgIpc) is 1.35. The van der Waals surface area contributed by atoms with Crippen LogP contribution in [0.25, 0.3) is 0 Å². The van der Waals surface area contributed by atoms with Crippen LogP contribution in [0.5, 0.6) is 0 Å². The molecule has 1 N–H and O–H groups in total. The Morgan fingerprint density at radius 1 is 1.86 bits per heavy atom. The number of hydrogen-bond donors (Lipinski definition) is 1. The fraction of sp³-hybridized carbons (Fsp3) is 0.250. The summed E-state index contributed by atoms with van der Waals surface area (Å²) in [7, 11) is 0. The van der Waals surface area contributed by atoms with Crippen LogP contribution < -0.4 is 12.4 Å². The van der Waals surface area contributed by atoms with Crippen molar-refractivity contribution in [2.45, 2.75) is 6.42 Å². The second-order valence-electron chi connectivity index (χ2n) is 0.898. The molecule has 3 heteroatoms. The molecule has 0 aliphatic rings. The first-order chi connectivity index (χ1) is 2.77. The molecule has 0 aromatic rings. The molecule has 0 heterocycles. The van der Waals surface area contributed by atoms with E-state index in [0.717, 1.165) is 0 Å². The van der Waals surface area contributed by atoms with Crippen molar-refractivity contribution in [2.75, 3.05) is 0 Å². The highest BCUT2D eigenvalue weighted by molar-refractivity contribution is 6.64. The van der Waals surface area contributed by atoms with E-state index in [4.69, 9.17) is 17.0 Å². The van der Waals surface area contributed by atoms with Gasteiger partial charge in [0.2, 0.25) is 0 Å². The first kappa shape index (κ1) is 10.1. The predicted molar refractivity (Wildman–Crippen MR) is 28.4 cm³/mol. The Morgan fingerprint density at radius 3 is 2.29 bits per heavy atom. The number of nitrogens with one attached hydrogen (secondary N) is 1. The van der Waals surface area contributed by atoms with E-state index in [9.17, 15) is 0 Å². The Hall–Kier alpha value is -0.0100. The highest BCUT2D eigenvalue weighted by Crippen LogP contribution is 1.86. The van der Waals surface area contributed by atoms with Crippen LogP contribution in [-0.4, -0.2) is 5.17 Å². The van der Waals surface area contributed by atoms with Gasteiger partial charge >= 0.3 is 0 Å². The van der Waals surface area contributed by atoms with E-state index in [1.54, 1.807) is 6.08 Å². The van der Waals surface area contributed by atoms with Crippen molar-refractivity contribution in [2.24, 2.45) is 0 Å². The van der Waals surface area contributed by atoms with Crippen LogP contribution >= 0.6 is 11.6 Å². The van der Waals surface area contributed by atoms with Crippen LogP contribution in [0.3, 0.4) is 0 Å². The molecule has 0 aromatic carbocycles. The third-order valence-electron chi connectivity index (χ3n) is 0.324. The minimum Gasteiger partial charge on any atom is -1.00 e. The van der Waals surface area contributed by atoms with Crippen molar-refractivity contribution in [1.29, 1.82) is 5.41 Å². The molecule has 0 radical (unpaired) electrons. The summed E-state index contributed by atoms with van der Waals surface area (Å²) in [4.78, 5) is 0. The normalized spacial score (nSPS) is 6.43. The molecule has 0 aliphatic heterocycles. The van der Waals surface area contributed by atoms with E-state index < -0.39 is 0 Å². The molecule has 0 saturated carbocycles. The summed E-state index contributed by atoms with van der Waals surface area (Å²) in [5.74, 6) is 0. The number of halogens is 2. The third-order valence-corrected chi connectivity index (χ3v) is 0.478. The fourth-order valence-corrected chi connectivity index (χ4v) is 0.236. The monoisotopic (exact) mass is 138 g/mol. The molecular weight excluding hydrogens is 133 g/mol. The smallest absolute Gasteiger partial charge is 0.101 e. The zero-order valence-electron chi connectivity index (χ0n) is 3.75. The predicted octanol–water partition coefficient (Wildman–Crippen LogP) is -1.22. The van der Waals surface area contributed by atoms with Gasteiger partial charge in [-0.15, -0.1) is 6.58 Å². The molecule has 1 nitrogen and oxygen atoms in total. The summed E-state index contributed by atoms with van der Waals surface area (Å²) in [6.45, 7) is 3.38. The lowest BCUT2D eigenvalue weighted by Crippen LogP contribution is -3.00. The lowest BCUT2D eigenvalue weighted by molar-refractivity contribution is -0.00000148. The van der Waals surface area contributed by atoms with Gasteiger partial charge < -0.3 is 12.4 Å². The van der Waals surface area contributed by atoms with E-state index in [1.807, 2.05) is 0 Å². The zero-order chi connectivity index (χ0) is 4.99. The van der Waals surface area contributed by atoms with E-state index in [1.165, 1.54) is 0 Å². The number of hydrogen-bond acceptors (Lipinski definition) is 1. The summed E-state index contributed by atoms with van der Waals surface area (Å²) in [6.07, 6.45) is 2.08. The van der Waals surface area contributed by atoms with Gasteiger partial charge in [-0.1, -0.05) is 17.7 Å². The average molecular weight is 139 g/mol. The highest BCUT2D eigenvalue weighted by Gasteiger charge is 1.78. The summed E-state index contributed by atoms with van der Waals surface area (Å²) >= 11 is 5.09. The second kappa shape index (κ2) is 5.99. The standard InChI is InChI=1S/C4H6ClN.ClH/c1-2-3-4(5)6;/h2,6H,1,3H2;1H/p-1. The molecule has 0 rings (SSSR count). The first-order valence-corrected chi connectivity index (χ1v) is 1.99. The van der Waals surface area contributed by atoms with Crippen LogP contribution in [0.2, 0.25) is 0 Å². The largest absolute Gasteiger partial charge is 1.00 e. The van der Waals surface area contributed by atoms with Gasteiger partial charge in [-0.25, -0.2) is 0 Å². The molecule has 0 unspecified atom stereocenters. The van der Waals surface area contributed by atoms with Crippen LogP contribution in [0.15, 0.2) is 12.7 Å². The summed E-state index contributed by atoms with van der Waals surface area (Å²) in [5, 5.41) is 6.73. The number of allylic oxidation sites excluding steroid dienone is 1. The van der Waals surface area contributed by atoms with Gasteiger partial charge in [0.25, 0.3) is 0 Å². The second-order valence-corrected chi connectivity index (χ2v) is 1.35. The zero-order valence-corrected chi connectivity index (χ0v) is 5.26. The molecule has 0 bridgehead atoms. The van der Waals surface area contributed by atoms with Crippen LogP contribution in [-0.2, 0) is 0 Å². The molecule has 0 fully saturated rings. The van der Waals surface area contributed by atoms with Gasteiger partial charge in [0.05, 0.1) is 0 Å². The van der Waals surface area contributed by atoms with Gasteiger partial charge in [-0.3, -0.25) is 5.41 Å². The maximum Gasteiger partial charge on any atom is 0.101 e. The summed E-state index contributed by atoms with van der Waals surface area (Å²) in [6, 6.07) is 0. The molecule has 0 atom stereocenters. The Labute approximate surface area is 54.3 Å². The molecule has 0 aromatic heterocycles. The molecular formula is C4H6Cl2N-. The molecule has 0 saturated heterocycles. The van der Waals surface area contributed by atoms with Crippen molar-refractivity contribution in [3.63, 3.8) is 0 Å². The maximum atomic E-state index is 6.59. The van der Waals surface area contributed by atoms with Crippen molar-refractivity contribution in [1.82, 2.24) is 0 Å². The van der Waals surface area contributed by atoms with Crippen molar-refractivity contribution in [3.05, 3.63) is 12.7 Å².